The van der Waals surface area contributed by atoms with Gasteiger partial charge in [-0.05, 0) is 43.1 Å². The normalized spacial score (nSPS) is 10.3. The fourth-order valence-corrected chi connectivity index (χ4v) is 1.58. The molecule has 0 amide bonds. The third-order valence-corrected chi connectivity index (χ3v) is 2.48. The molecule has 0 aliphatic rings. The van der Waals surface area contributed by atoms with E-state index in [4.69, 9.17) is 16.3 Å². The molecular formula is C12H12ClFN4O. The minimum absolute atomic E-state index is 0.00926. The van der Waals surface area contributed by atoms with Crippen LogP contribution in [0.1, 0.15) is 12.5 Å². The highest BCUT2D eigenvalue weighted by Gasteiger charge is 2.08. The van der Waals surface area contributed by atoms with E-state index < -0.39 is 0 Å². The summed E-state index contributed by atoms with van der Waals surface area (Å²) in [6, 6.07) is 4.52. The zero-order chi connectivity index (χ0) is 13.8. The average Bonchev–Trinajstić information content (AvgIpc) is 2.33. The van der Waals surface area contributed by atoms with E-state index in [9.17, 15) is 4.39 Å². The van der Waals surface area contributed by atoms with Gasteiger partial charge in [0.05, 0.1) is 6.61 Å². The van der Waals surface area contributed by atoms with Crippen molar-refractivity contribution >= 4 is 23.2 Å². The maximum absolute atomic E-state index is 13.2. The fraction of sp³-hybridized carbons (Fsp3) is 0.250. The van der Waals surface area contributed by atoms with Crippen molar-refractivity contribution < 1.29 is 9.13 Å². The molecule has 0 saturated carbocycles. The van der Waals surface area contributed by atoms with E-state index in [2.05, 4.69) is 20.3 Å². The number of ether oxygens (including phenoxy) is 1. The van der Waals surface area contributed by atoms with Gasteiger partial charge in [-0.1, -0.05) is 6.07 Å². The molecule has 0 radical (unpaired) electrons. The molecule has 1 aromatic carbocycles. The van der Waals surface area contributed by atoms with Crippen molar-refractivity contribution in [3.05, 3.63) is 34.9 Å². The maximum Gasteiger partial charge on any atom is 0.322 e. The van der Waals surface area contributed by atoms with E-state index in [1.807, 2.05) is 13.8 Å². The molecule has 5 nitrogen and oxygen atoms in total. The van der Waals surface area contributed by atoms with Crippen LogP contribution in [0.4, 0.5) is 16.0 Å². The number of rotatable bonds is 4. The number of nitrogens with zero attached hydrogens (tertiary/aromatic N) is 3. The summed E-state index contributed by atoms with van der Waals surface area (Å²) in [4.78, 5) is 11.8. The molecule has 0 aliphatic heterocycles. The summed E-state index contributed by atoms with van der Waals surface area (Å²) in [7, 11) is 0. The Morgan fingerprint density at radius 3 is 2.84 bits per heavy atom. The van der Waals surface area contributed by atoms with E-state index >= 15 is 0 Å². The Morgan fingerprint density at radius 2 is 2.11 bits per heavy atom. The number of aromatic nitrogens is 3. The molecule has 0 spiro atoms. The number of benzene rings is 1. The number of halogens is 2. The van der Waals surface area contributed by atoms with Gasteiger partial charge >= 0.3 is 6.01 Å². The van der Waals surface area contributed by atoms with Crippen LogP contribution >= 0.6 is 11.6 Å². The van der Waals surface area contributed by atoms with Gasteiger partial charge in [-0.2, -0.15) is 15.0 Å². The first-order valence-electron chi connectivity index (χ1n) is 5.66. The van der Waals surface area contributed by atoms with Crippen LogP contribution in [-0.4, -0.2) is 21.6 Å². The summed E-state index contributed by atoms with van der Waals surface area (Å²) in [5.41, 5.74) is 1.42. The van der Waals surface area contributed by atoms with Crippen LogP contribution < -0.4 is 10.1 Å². The van der Waals surface area contributed by atoms with Crippen LogP contribution in [0.25, 0.3) is 0 Å². The molecule has 1 aromatic heterocycles. The van der Waals surface area contributed by atoms with E-state index in [1.54, 1.807) is 6.07 Å². The molecule has 0 saturated heterocycles. The predicted octanol–water partition coefficient (Wildman–Crippen LogP) is 3.11. The average molecular weight is 283 g/mol. The van der Waals surface area contributed by atoms with Crippen molar-refractivity contribution in [3.8, 4) is 6.01 Å². The topological polar surface area (TPSA) is 59.9 Å². The molecule has 19 heavy (non-hydrogen) atoms. The molecule has 7 heteroatoms. The lowest BCUT2D eigenvalue weighted by atomic mass is 10.2. The van der Waals surface area contributed by atoms with Crippen molar-refractivity contribution in [1.82, 2.24) is 15.0 Å². The first kappa shape index (κ1) is 13.5. The Kier molecular flexibility index (Phi) is 4.11. The maximum atomic E-state index is 13.2. The van der Waals surface area contributed by atoms with Gasteiger partial charge < -0.3 is 10.1 Å². The Hall–Kier alpha value is -1.95. The van der Waals surface area contributed by atoms with Crippen LogP contribution in [0.15, 0.2) is 18.2 Å². The molecule has 0 atom stereocenters. The molecule has 0 unspecified atom stereocenters. The summed E-state index contributed by atoms with van der Waals surface area (Å²) in [5, 5.41) is 2.90. The summed E-state index contributed by atoms with van der Waals surface area (Å²) >= 11 is 5.77. The van der Waals surface area contributed by atoms with Gasteiger partial charge in [-0.25, -0.2) is 4.39 Å². The Balaban J connectivity index is 2.29. The molecule has 2 aromatic rings. The minimum atomic E-state index is -0.349. The highest BCUT2D eigenvalue weighted by molar-refractivity contribution is 6.28. The summed E-state index contributed by atoms with van der Waals surface area (Å²) in [6.07, 6.45) is 0. The highest BCUT2D eigenvalue weighted by atomic mass is 35.5. The summed E-state index contributed by atoms with van der Waals surface area (Å²) in [5.74, 6) is -0.143. The van der Waals surface area contributed by atoms with Gasteiger partial charge in [-0.3, -0.25) is 0 Å². The number of hydrogen-bond donors (Lipinski definition) is 1. The molecule has 0 aliphatic carbocycles. The van der Waals surface area contributed by atoms with Gasteiger partial charge in [-0.15, -0.1) is 0 Å². The molecule has 0 bridgehead atoms. The lowest BCUT2D eigenvalue weighted by Gasteiger charge is -2.09. The van der Waals surface area contributed by atoms with Gasteiger partial charge in [0.25, 0.3) is 0 Å². The predicted molar refractivity (Wildman–Crippen MR) is 70.4 cm³/mol. The van der Waals surface area contributed by atoms with Gasteiger partial charge in [0.1, 0.15) is 5.82 Å². The van der Waals surface area contributed by atoms with Crippen LogP contribution in [0.3, 0.4) is 0 Å². The second kappa shape index (κ2) is 5.79. The lowest BCUT2D eigenvalue weighted by Crippen LogP contribution is -2.04. The van der Waals surface area contributed by atoms with E-state index in [1.165, 1.54) is 12.1 Å². The van der Waals surface area contributed by atoms with Crippen LogP contribution in [-0.2, 0) is 0 Å². The van der Waals surface area contributed by atoms with Gasteiger partial charge in [0.2, 0.25) is 11.2 Å². The van der Waals surface area contributed by atoms with Crippen molar-refractivity contribution in [2.75, 3.05) is 11.9 Å². The molecule has 0 fully saturated rings. The highest BCUT2D eigenvalue weighted by Crippen LogP contribution is 2.21. The number of hydrogen-bond acceptors (Lipinski definition) is 5. The first-order chi connectivity index (χ1) is 9.08. The standard InChI is InChI=1S/C12H12ClFN4O/c1-3-19-12-17-10(13)16-11(18-12)15-9-6-8(14)5-4-7(9)2/h4-6H,3H2,1-2H3,(H,15,16,17,18). The van der Waals surface area contributed by atoms with Gasteiger partial charge in [0, 0.05) is 5.69 Å². The third kappa shape index (κ3) is 3.51. The molecule has 1 heterocycles. The fourth-order valence-electron chi connectivity index (χ4n) is 1.43. The van der Waals surface area contributed by atoms with E-state index in [-0.39, 0.29) is 23.1 Å². The first-order valence-corrected chi connectivity index (χ1v) is 6.04. The van der Waals surface area contributed by atoms with E-state index in [0.717, 1.165) is 5.56 Å². The van der Waals surface area contributed by atoms with Gasteiger partial charge in [0.15, 0.2) is 0 Å². The third-order valence-electron chi connectivity index (χ3n) is 2.31. The monoisotopic (exact) mass is 282 g/mol. The second-order valence-corrected chi connectivity index (χ2v) is 4.07. The lowest BCUT2D eigenvalue weighted by molar-refractivity contribution is 0.312. The largest absolute Gasteiger partial charge is 0.464 e. The zero-order valence-electron chi connectivity index (χ0n) is 10.4. The second-order valence-electron chi connectivity index (χ2n) is 3.73. The Morgan fingerprint density at radius 1 is 1.32 bits per heavy atom. The number of aryl methyl sites for hydroxylation is 1. The molecule has 100 valence electrons. The SMILES string of the molecule is CCOc1nc(Cl)nc(Nc2cc(F)ccc2C)n1. The van der Waals surface area contributed by atoms with Crippen molar-refractivity contribution in [3.63, 3.8) is 0 Å². The zero-order valence-corrected chi connectivity index (χ0v) is 11.2. The molecule has 1 N–H and O–H groups in total. The number of nitrogens with one attached hydrogen (secondary N) is 1. The molecule has 2 rings (SSSR count). The summed E-state index contributed by atoms with van der Waals surface area (Å²) < 4.78 is 18.3. The van der Waals surface area contributed by atoms with Crippen LogP contribution in [0, 0.1) is 12.7 Å². The van der Waals surface area contributed by atoms with E-state index in [0.29, 0.717) is 12.3 Å². The van der Waals surface area contributed by atoms with Crippen molar-refractivity contribution in [1.29, 1.82) is 0 Å². The molecular weight excluding hydrogens is 271 g/mol. The number of anilines is 2. The van der Waals surface area contributed by atoms with Crippen LogP contribution in [0.2, 0.25) is 5.28 Å². The smallest absolute Gasteiger partial charge is 0.322 e. The Bertz CT molecular complexity index is 594. The minimum Gasteiger partial charge on any atom is -0.464 e. The van der Waals surface area contributed by atoms with Crippen LogP contribution in [0.5, 0.6) is 6.01 Å². The Labute approximate surface area is 114 Å². The van der Waals surface area contributed by atoms with Crippen molar-refractivity contribution in [2.24, 2.45) is 0 Å². The van der Waals surface area contributed by atoms with Crippen molar-refractivity contribution in [2.45, 2.75) is 13.8 Å². The summed E-state index contributed by atoms with van der Waals surface area (Å²) in [6.45, 7) is 4.06. The quantitative estimate of drug-likeness (QED) is 0.933.